The molecule has 1 fully saturated rings. The average molecular weight is 376 g/mol. The number of carbonyl (C=O) groups excluding carboxylic acids is 1. The van der Waals surface area contributed by atoms with Crippen molar-refractivity contribution in [1.29, 1.82) is 0 Å². The zero-order chi connectivity index (χ0) is 16.7. The molecular weight excluding hydrogens is 350 g/mol. The molecule has 1 unspecified atom stereocenters. The fourth-order valence-electron chi connectivity index (χ4n) is 2.69. The molecule has 0 radical (unpaired) electrons. The minimum atomic E-state index is -3.35. The monoisotopic (exact) mass is 375 g/mol. The van der Waals surface area contributed by atoms with Gasteiger partial charge in [-0.2, -0.15) is 0 Å². The van der Waals surface area contributed by atoms with Crippen molar-refractivity contribution >= 4 is 28.3 Å². The maximum absolute atomic E-state index is 12.0. The predicted octanol–water partition coefficient (Wildman–Crippen LogP) is 1.26. The Morgan fingerprint density at radius 3 is 2.46 bits per heavy atom. The van der Waals surface area contributed by atoms with Crippen LogP contribution in [0.3, 0.4) is 0 Å². The molecule has 3 N–H and O–H groups in total. The van der Waals surface area contributed by atoms with E-state index >= 15 is 0 Å². The highest BCUT2D eigenvalue weighted by atomic mass is 35.5. The van der Waals surface area contributed by atoms with Gasteiger partial charge in [0.1, 0.15) is 0 Å². The number of hydrogen-bond donors (Lipinski definition) is 2. The van der Waals surface area contributed by atoms with E-state index in [0.29, 0.717) is 19.4 Å². The minimum absolute atomic E-state index is 0. The van der Waals surface area contributed by atoms with E-state index in [9.17, 15) is 13.2 Å². The number of carbonyl (C=O) groups is 1. The van der Waals surface area contributed by atoms with Crippen LogP contribution in [-0.2, 0) is 20.6 Å². The summed E-state index contributed by atoms with van der Waals surface area (Å²) in [6, 6.07) is 8.50. The molecule has 136 valence electrons. The van der Waals surface area contributed by atoms with Crippen molar-refractivity contribution < 1.29 is 13.2 Å². The molecule has 6 nitrogen and oxygen atoms in total. The number of amides is 1. The van der Waals surface area contributed by atoms with Crippen LogP contribution in [0.1, 0.15) is 31.2 Å². The summed E-state index contributed by atoms with van der Waals surface area (Å²) in [4.78, 5) is 13.8. The standard InChI is InChI=1S/C16H25N3O3S.ClH/c17-15(16(20)19-11-4-5-12-19)9-6-10-18-23(21,22)13-14-7-2-1-3-8-14;/h1-3,7-8,15,18H,4-6,9-13,17H2;1H. The molecule has 1 aromatic rings. The van der Waals surface area contributed by atoms with Crippen molar-refractivity contribution in [1.82, 2.24) is 9.62 Å². The molecule has 1 atom stereocenters. The molecule has 0 aliphatic carbocycles. The molecule has 1 aliphatic heterocycles. The third-order valence-corrected chi connectivity index (χ3v) is 5.31. The molecule has 0 spiro atoms. The molecular formula is C16H26ClN3O3S. The van der Waals surface area contributed by atoms with Crippen molar-refractivity contribution in [3.8, 4) is 0 Å². The molecule has 1 heterocycles. The zero-order valence-corrected chi connectivity index (χ0v) is 15.3. The summed E-state index contributed by atoms with van der Waals surface area (Å²) in [5.41, 5.74) is 6.65. The van der Waals surface area contributed by atoms with Gasteiger partial charge in [-0.05, 0) is 31.2 Å². The predicted molar refractivity (Wildman–Crippen MR) is 97.3 cm³/mol. The van der Waals surface area contributed by atoms with Crippen LogP contribution in [0.25, 0.3) is 0 Å². The van der Waals surface area contributed by atoms with Gasteiger partial charge in [0.15, 0.2) is 0 Å². The van der Waals surface area contributed by atoms with Crippen molar-refractivity contribution in [3.63, 3.8) is 0 Å². The Hall–Kier alpha value is -1.15. The zero-order valence-electron chi connectivity index (χ0n) is 13.7. The topological polar surface area (TPSA) is 92.5 Å². The first kappa shape index (κ1) is 20.9. The smallest absolute Gasteiger partial charge is 0.239 e. The van der Waals surface area contributed by atoms with E-state index < -0.39 is 16.1 Å². The lowest BCUT2D eigenvalue weighted by molar-refractivity contribution is -0.131. The normalized spacial score (nSPS) is 15.8. The molecule has 0 bridgehead atoms. The molecule has 8 heteroatoms. The number of nitrogens with two attached hydrogens (primary N) is 1. The molecule has 24 heavy (non-hydrogen) atoms. The van der Waals surface area contributed by atoms with Gasteiger partial charge in [-0.3, -0.25) is 4.79 Å². The molecule has 1 aliphatic rings. The highest BCUT2D eigenvalue weighted by Gasteiger charge is 2.23. The minimum Gasteiger partial charge on any atom is -0.341 e. The molecule has 1 aromatic carbocycles. The highest BCUT2D eigenvalue weighted by molar-refractivity contribution is 7.88. The van der Waals surface area contributed by atoms with Crippen LogP contribution in [0.2, 0.25) is 0 Å². The van der Waals surface area contributed by atoms with E-state index in [4.69, 9.17) is 5.73 Å². The Labute approximate surface area is 150 Å². The third-order valence-electron chi connectivity index (χ3n) is 3.95. The molecule has 2 rings (SSSR count). The fraction of sp³-hybridized carbons (Fsp3) is 0.562. The second kappa shape index (κ2) is 9.98. The average Bonchev–Trinajstić information content (AvgIpc) is 3.05. The first-order chi connectivity index (χ1) is 11.0. The number of nitrogens with zero attached hydrogens (tertiary/aromatic N) is 1. The van der Waals surface area contributed by atoms with Crippen LogP contribution in [0.4, 0.5) is 0 Å². The maximum Gasteiger partial charge on any atom is 0.239 e. The van der Waals surface area contributed by atoms with E-state index in [1.54, 1.807) is 17.0 Å². The second-order valence-electron chi connectivity index (χ2n) is 5.92. The van der Waals surface area contributed by atoms with Crippen LogP contribution in [-0.4, -0.2) is 44.9 Å². The van der Waals surface area contributed by atoms with Crippen LogP contribution in [0.5, 0.6) is 0 Å². The Kier molecular flexibility index (Phi) is 8.69. The molecule has 0 saturated carbocycles. The fourth-order valence-corrected chi connectivity index (χ4v) is 3.88. The van der Waals surface area contributed by atoms with Gasteiger partial charge in [0.2, 0.25) is 15.9 Å². The quantitative estimate of drug-likeness (QED) is 0.669. The molecule has 1 amide bonds. The summed E-state index contributed by atoms with van der Waals surface area (Å²) in [5, 5.41) is 0. The SMILES string of the molecule is Cl.NC(CCCNS(=O)(=O)Cc1ccccc1)C(=O)N1CCCC1. The second-order valence-corrected chi connectivity index (χ2v) is 7.73. The van der Waals surface area contributed by atoms with Crippen LogP contribution in [0, 0.1) is 0 Å². The number of halogens is 1. The van der Waals surface area contributed by atoms with Gasteiger partial charge < -0.3 is 10.6 Å². The van der Waals surface area contributed by atoms with Gasteiger partial charge in [0.05, 0.1) is 11.8 Å². The van der Waals surface area contributed by atoms with E-state index in [2.05, 4.69) is 4.72 Å². The van der Waals surface area contributed by atoms with Gasteiger partial charge >= 0.3 is 0 Å². The summed E-state index contributed by atoms with van der Waals surface area (Å²) in [6.07, 6.45) is 3.12. The van der Waals surface area contributed by atoms with E-state index in [-0.39, 0.29) is 24.1 Å². The summed E-state index contributed by atoms with van der Waals surface area (Å²) < 4.78 is 26.5. The van der Waals surface area contributed by atoms with Crippen molar-refractivity contribution in [2.45, 2.75) is 37.5 Å². The number of nitrogens with one attached hydrogen (secondary N) is 1. The van der Waals surface area contributed by atoms with Crippen LogP contribution < -0.4 is 10.5 Å². The number of likely N-dealkylation sites (tertiary alicyclic amines) is 1. The first-order valence-electron chi connectivity index (χ1n) is 8.03. The van der Waals surface area contributed by atoms with E-state index in [1.165, 1.54) is 0 Å². The summed E-state index contributed by atoms with van der Waals surface area (Å²) in [5.74, 6) is -0.0540. The van der Waals surface area contributed by atoms with E-state index in [0.717, 1.165) is 31.5 Å². The summed E-state index contributed by atoms with van der Waals surface area (Å²) in [7, 11) is -3.35. The summed E-state index contributed by atoms with van der Waals surface area (Å²) in [6.45, 7) is 1.88. The van der Waals surface area contributed by atoms with Crippen LogP contribution >= 0.6 is 12.4 Å². The van der Waals surface area contributed by atoms with E-state index in [1.807, 2.05) is 18.2 Å². The number of hydrogen-bond acceptors (Lipinski definition) is 4. The highest BCUT2D eigenvalue weighted by Crippen LogP contribution is 2.10. The lowest BCUT2D eigenvalue weighted by atomic mass is 10.1. The lowest BCUT2D eigenvalue weighted by Crippen LogP contribution is -2.42. The maximum atomic E-state index is 12.0. The van der Waals surface area contributed by atoms with Gasteiger partial charge in [-0.1, -0.05) is 30.3 Å². The molecule has 0 aromatic heterocycles. The third kappa shape index (κ3) is 6.76. The van der Waals surface area contributed by atoms with Gasteiger partial charge in [-0.15, -0.1) is 12.4 Å². The Balaban J connectivity index is 0.00000288. The number of rotatable bonds is 8. The Morgan fingerprint density at radius 1 is 1.21 bits per heavy atom. The summed E-state index contributed by atoms with van der Waals surface area (Å²) >= 11 is 0. The van der Waals surface area contributed by atoms with Crippen molar-refractivity contribution in [2.24, 2.45) is 5.73 Å². The first-order valence-corrected chi connectivity index (χ1v) is 9.69. The molecule has 1 saturated heterocycles. The van der Waals surface area contributed by atoms with Gasteiger partial charge in [0.25, 0.3) is 0 Å². The number of benzene rings is 1. The van der Waals surface area contributed by atoms with Gasteiger partial charge in [0, 0.05) is 19.6 Å². The van der Waals surface area contributed by atoms with Crippen molar-refractivity contribution in [2.75, 3.05) is 19.6 Å². The van der Waals surface area contributed by atoms with Gasteiger partial charge in [-0.25, -0.2) is 13.1 Å². The Bertz CT molecular complexity index is 604. The lowest BCUT2D eigenvalue weighted by Gasteiger charge is -2.20. The Morgan fingerprint density at radius 2 is 1.83 bits per heavy atom. The van der Waals surface area contributed by atoms with Crippen LogP contribution in [0.15, 0.2) is 30.3 Å². The largest absolute Gasteiger partial charge is 0.341 e. The number of sulfonamides is 1. The van der Waals surface area contributed by atoms with Crippen molar-refractivity contribution in [3.05, 3.63) is 35.9 Å².